The van der Waals surface area contributed by atoms with Gasteiger partial charge in [0.05, 0.1) is 36.7 Å². The fourth-order valence-electron chi connectivity index (χ4n) is 4.40. The molecule has 0 aliphatic rings. The van der Waals surface area contributed by atoms with Crippen LogP contribution in [-0.4, -0.2) is 53.2 Å². The zero-order valence-corrected chi connectivity index (χ0v) is 22.1. The van der Waals surface area contributed by atoms with Gasteiger partial charge in [-0.25, -0.2) is 23.2 Å². The first kappa shape index (κ1) is 25.4. The Balaban J connectivity index is 1.93. The summed E-state index contributed by atoms with van der Waals surface area (Å²) in [6, 6.07) is 10.5. The lowest BCUT2D eigenvalue weighted by Gasteiger charge is -2.19. The molecule has 3 heterocycles. The molecule has 0 radical (unpaired) electrons. The minimum absolute atomic E-state index is 0.231. The van der Waals surface area contributed by atoms with Crippen molar-refractivity contribution >= 4 is 21.0 Å². The van der Waals surface area contributed by atoms with Crippen molar-refractivity contribution in [3.8, 4) is 22.8 Å². The third-order valence-corrected chi connectivity index (χ3v) is 7.01. The maximum atomic E-state index is 13.5. The Kier molecular flexibility index (Phi) is 6.90. The summed E-state index contributed by atoms with van der Waals surface area (Å²) in [7, 11) is -0.355. The van der Waals surface area contributed by atoms with Crippen molar-refractivity contribution in [2.24, 2.45) is 7.05 Å². The van der Waals surface area contributed by atoms with Crippen LogP contribution in [0.3, 0.4) is 0 Å². The second-order valence-corrected chi connectivity index (χ2v) is 11.1. The van der Waals surface area contributed by atoms with E-state index >= 15 is 0 Å². The van der Waals surface area contributed by atoms with Crippen molar-refractivity contribution in [1.29, 1.82) is 0 Å². The van der Waals surface area contributed by atoms with Crippen LogP contribution in [0.4, 0.5) is 0 Å². The standard InChI is InChI=1S/C26H30N4O5S/c1-7-35-25-23(34-5)11-10-20(28-25)22(15-36(6,32)33)30-24-21(29(4)26(30)31)13-18(14-27-24)19-9-8-16(2)12-17(19)3/h8-14,22H,7,15H2,1-6H3. The number of rotatable bonds is 8. The van der Waals surface area contributed by atoms with Crippen molar-refractivity contribution in [1.82, 2.24) is 19.1 Å². The van der Waals surface area contributed by atoms with E-state index in [1.807, 2.05) is 39.0 Å². The summed E-state index contributed by atoms with van der Waals surface area (Å²) in [4.78, 5) is 22.7. The molecule has 190 valence electrons. The molecule has 9 nitrogen and oxygen atoms in total. The van der Waals surface area contributed by atoms with E-state index in [0.717, 1.165) is 28.5 Å². The largest absolute Gasteiger partial charge is 0.491 e. The molecule has 1 unspecified atom stereocenters. The van der Waals surface area contributed by atoms with Crippen LogP contribution in [0.15, 0.2) is 47.4 Å². The van der Waals surface area contributed by atoms with Gasteiger partial charge in [-0.15, -0.1) is 0 Å². The molecule has 0 N–H and O–H groups in total. The zero-order valence-electron chi connectivity index (χ0n) is 21.3. The lowest BCUT2D eigenvalue weighted by Crippen LogP contribution is -2.31. The summed E-state index contributed by atoms with van der Waals surface area (Å²) in [6.45, 7) is 6.23. The second kappa shape index (κ2) is 9.77. The van der Waals surface area contributed by atoms with Gasteiger partial charge in [0.15, 0.2) is 11.4 Å². The topological polar surface area (TPSA) is 105 Å². The number of aromatic nitrogens is 4. The van der Waals surface area contributed by atoms with Crippen molar-refractivity contribution < 1.29 is 17.9 Å². The number of methoxy groups -OCH3 is 1. The number of fused-ring (bicyclic) bond motifs is 1. The molecule has 0 aliphatic carbocycles. The Hall–Kier alpha value is -3.66. The van der Waals surface area contributed by atoms with Gasteiger partial charge < -0.3 is 9.47 Å². The molecule has 0 fully saturated rings. The number of hydrogen-bond acceptors (Lipinski definition) is 7. The minimum Gasteiger partial charge on any atom is -0.491 e. The number of pyridine rings is 2. The number of nitrogens with zero attached hydrogens (tertiary/aromatic N) is 4. The highest BCUT2D eigenvalue weighted by Gasteiger charge is 2.28. The first-order chi connectivity index (χ1) is 17.0. The molecule has 0 saturated heterocycles. The van der Waals surface area contributed by atoms with Gasteiger partial charge in [0, 0.05) is 25.1 Å². The minimum atomic E-state index is -3.51. The summed E-state index contributed by atoms with van der Waals surface area (Å²) >= 11 is 0. The van der Waals surface area contributed by atoms with Gasteiger partial charge in [-0.2, -0.15) is 0 Å². The smallest absolute Gasteiger partial charge is 0.330 e. The predicted molar refractivity (Wildman–Crippen MR) is 140 cm³/mol. The number of aryl methyl sites for hydroxylation is 3. The molecular formula is C26H30N4O5S. The van der Waals surface area contributed by atoms with Crippen LogP contribution in [-0.2, 0) is 16.9 Å². The lowest BCUT2D eigenvalue weighted by atomic mass is 10.00. The van der Waals surface area contributed by atoms with Gasteiger partial charge in [0.25, 0.3) is 5.88 Å². The maximum Gasteiger partial charge on any atom is 0.330 e. The normalized spacial score (nSPS) is 12.6. The second-order valence-electron chi connectivity index (χ2n) is 8.88. The SMILES string of the molecule is CCOc1nc(C(CS(C)(=O)=O)n2c(=O)n(C)c3cc(-c4ccc(C)cc4C)cnc32)ccc1OC. The average molecular weight is 511 g/mol. The van der Waals surface area contributed by atoms with Crippen molar-refractivity contribution in [3.63, 3.8) is 0 Å². The summed E-state index contributed by atoms with van der Waals surface area (Å²) in [5, 5.41) is 0. The van der Waals surface area contributed by atoms with E-state index in [-0.39, 0.29) is 17.3 Å². The summed E-state index contributed by atoms with van der Waals surface area (Å²) in [5.41, 5.74) is 5.08. The van der Waals surface area contributed by atoms with Crippen LogP contribution < -0.4 is 15.2 Å². The Morgan fingerprint density at radius 3 is 2.50 bits per heavy atom. The third-order valence-electron chi connectivity index (χ3n) is 6.08. The van der Waals surface area contributed by atoms with E-state index in [0.29, 0.717) is 29.2 Å². The Morgan fingerprint density at radius 1 is 1.11 bits per heavy atom. The van der Waals surface area contributed by atoms with Gasteiger partial charge in [0.2, 0.25) is 0 Å². The Bertz CT molecular complexity index is 1600. The predicted octanol–water partition coefficient (Wildman–Crippen LogP) is 3.46. The fourth-order valence-corrected chi connectivity index (χ4v) is 5.29. The van der Waals surface area contributed by atoms with E-state index in [2.05, 4.69) is 16.0 Å². The molecule has 36 heavy (non-hydrogen) atoms. The summed E-state index contributed by atoms with van der Waals surface area (Å²) < 4.78 is 38.7. The van der Waals surface area contributed by atoms with E-state index < -0.39 is 15.9 Å². The molecule has 4 rings (SSSR count). The molecule has 0 bridgehead atoms. The quantitative estimate of drug-likeness (QED) is 0.357. The fraction of sp³-hybridized carbons (Fsp3) is 0.346. The van der Waals surface area contributed by atoms with Gasteiger partial charge in [0.1, 0.15) is 9.84 Å². The highest BCUT2D eigenvalue weighted by molar-refractivity contribution is 7.90. The maximum absolute atomic E-state index is 13.5. The van der Waals surface area contributed by atoms with E-state index in [1.54, 1.807) is 25.4 Å². The number of hydrogen-bond donors (Lipinski definition) is 0. The molecule has 0 saturated carbocycles. The number of sulfone groups is 1. The zero-order chi connectivity index (χ0) is 26.2. The highest BCUT2D eigenvalue weighted by Crippen LogP contribution is 2.31. The van der Waals surface area contributed by atoms with Crippen LogP contribution in [0.1, 0.15) is 29.8 Å². The Labute approximate surface area is 210 Å². The molecule has 10 heteroatoms. The van der Waals surface area contributed by atoms with E-state index in [9.17, 15) is 13.2 Å². The van der Waals surface area contributed by atoms with Crippen LogP contribution in [0.2, 0.25) is 0 Å². The highest BCUT2D eigenvalue weighted by atomic mass is 32.2. The van der Waals surface area contributed by atoms with E-state index in [4.69, 9.17) is 9.47 Å². The molecule has 1 aromatic carbocycles. The number of benzene rings is 1. The van der Waals surface area contributed by atoms with Gasteiger partial charge in [-0.3, -0.25) is 9.13 Å². The average Bonchev–Trinajstić information content (AvgIpc) is 3.06. The van der Waals surface area contributed by atoms with Gasteiger partial charge >= 0.3 is 5.69 Å². The van der Waals surface area contributed by atoms with E-state index in [1.165, 1.54) is 16.2 Å². The van der Waals surface area contributed by atoms with Crippen molar-refractivity contribution in [3.05, 3.63) is 69.9 Å². The molecular weight excluding hydrogens is 480 g/mol. The molecule has 0 aliphatic heterocycles. The van der Waals surface area contributed by atoms with Crippen LogP contribution in [0.5, 0.6) is 11.6 Å². The van der Waals surface area contributed by atoms with Crippen molar-refractivity contribution in [2.75, 3.05) is 25.7 Å². The third kappa shape index (κ3) is 4.86. The summed E-state index contributed by atoms with van der Waals surface area (Å²) in [5.74, 6) is 0.312. The molecule has 1 atom stereocenters. The lowest BCUT2D eigenvalue weighted by molar-refractivity contribution is 0.296. The number of imidazole rings is 1. The molecule has 3 aromatic heterocycles. The first-order valence-electron chi connectivity index (χ1n) is 11.5. The van der Waals surface area contributed by atoms with Crippen molar-refractivity contribution in [2.45, 2.75) is 26.8 Å². The van der Waals surface area contributed by atoms with Gasteiger partial charge in [-0.05, 0) is 50.1 Å². The van der Waals surface area contributed by atoms with Gasteiger partial charge in [-0.1, -0.05) is 23.8 Å². The first-order valence-corrected chi connectivity index (χ1v) is 13.6. The van der Waals surface area contributed by atoms with Crippen LogP contribution in [0.25, 0.3) is 22.3 Å². The summed E-state index contributed by atoms with van der Waals surface area (Å²) in [6.07, 6.45) is 2.84. The molecule has 4 aromatic rings. The van der Waals surface area contributed by atoms with Crippen LogP contribution in [0, 0.1) is 13.8 Å². The number of ether oxygens (including phenoxy) is 2. The molecule has 0 amide bonds. The molecule has 0 spiro atoms. The Morgan fingerprint density at radius 2 is 1.86 bits per heavy atom. The van der Waals surface area contributed by atoms with Crippen LogP contribution >= 0.6 is 0 Å². The monoisotopic (exact) mass is 510 g/mol.